The smallest absolute Gasteiger partial charge is 0.225 e. The molecule has 1 fully saturated rings. The summed E-state index contributed by atoms with van der Waals surface area (Å²) in [5, 5.41) is 6.17. The number of ether oxygens (including phenoxy) is 2. The molecule has 3 rings (SSSR count). The van der Waals surface area contributed by atoms with Gasteiger partial charge in [0, 0.05) is 25.0 Å². The maximum atomic E-state index is 11.9. The number of fused-ring (bicyclic) bond motifs is 1. The molecule has 2 aliphatic rings. The first-order valence-electron chi connectivity index (χ1n) is 7.45. The van der Waals surface area contributed by atoms with Crippen molar-refractivity contribution in [1.29, 1.82) is 0 Å². The summed E-state index contributed by atoms with van der Waals surface area (Å²) in [4.78, 5) is 11.9. The lowest BCUT2D eigenvalue weighted by molar-refractivity contribution is -0.126. The first kappa shape index (κ1) is 16.9. The average Bonchev–Trinajstić information content (AvgIpc) is 2.43. The normalized spacial score (nSPS) is 17.2. The van der Waals surface area contributed by atoms with Crippen LogP contribution in [0.15, 0.2) is 18.2 Å². The van der Waals surface area contributed by atoms with Gasteiger partial charge in [-0.15, -0.1) is 12.4 Å². The molecule has 5 nitrogen and oxygen atoms in total. The molecule has 1 saturated heterocycles. The van der Waals surface area contributed by atoms with Gasteiger partial charge in [-0.2, -0.15) is 0 Å². The molecule has 0 saturated carbocycles. The Balaban J connectivity index is 0.00000176. The van der Waals surface area contributed by atoms with Crippen molar-refractivity contribution in [2.24, 2.45) is 5.92 Å². The van der Waals surface area contributed by atoms with E-state index in [0.29, 0.717) is 19.8 Å². The van der Waals surface area contributed by atoms with Crippen LogP contribution in [-0.2, 0) is 10.2 Å². The van der Waals surface area contributed by atoms with Gasteiger partial charge in [0.15, 0.2) is 11.5 Å². The van der Waals surface area contributed by atoms with Crippen molar-refractivity contribution in [3.05, 3.63) is 23.8 Å². The van der Waals surface area contributed by atoms with Gasteiger partial charge in [-0.1, -0.05) is 19.9 Å². The largest absolute Gasteiger partial charge is 0.486 e. The van der Waals surface area contributed by atoms with Crippen molar-refractivity contribution in [2.45, 2.75) is 19.3 Å². The Morgan fingerprint density at radius 3 is 2.59 bits per heavy atom. The average molecular weight is 327 g/mol. The zero-order valence-electron chi connectivity index (χ0n) is 13.0. The molecule has 1 aromatic carbocycles. The molecule has 6 heteroatoms. The summed E-state index contributed by atoms with van der Waals surface area (Å²) in [6.45, 7) is 7.62. The maximum absolute atomic E-state index is 11.9. The summed E-state index contributed by atoms with van der Waals surface area (Å²) in [6.07, 6.45) is 0. The number of hydrogen-bond acceptors (Lipinski definition) is 4. The van der Waals surface area contributed by atoms with Gasteiger partial charge in [0.1, 0.15) is 13.2 Å². The van der Waals surface area contributed by atoms with Crippen molar-refractivity contribution >= 4 is 18.3 Å². The van der Waals surface area contributed by atoms with E-state index in [1.54, 1.807) is 0 Å². The highest BCUT2D eigenvalue weighted by Crippen LogP contribution is 2.34. The molecular weight excluding hydrogens is 304 g/mol. The summed E-state index contributed by atoms with van der Waals surface area (Å²) < 4.78 is 11.2. The monoisotopic (exact) mass is 326 g/mol. The third kappa shape index (κ3) is 3.47. The highest BCUT2D eigenvalue weighted by molar-refractivity contribution is 5.85. The van der Waals surface area contributed by atoms with Gasteiger partial charge in [-0.25, -0.2) is 0 Å². The van der Waals surface area contributed by atoms with E-state index < -0.39 is 0 Å². The van der Waals surface area contributed by atoms with Gasteiger partial charge in [0.25, 0.3) is 0 Å². The van der Waals surface area contributed by atoms with Crippen LogP contribution < -0.4 is 20.1 Å². The SMILES string of the molecule is CC(C)(CNC(=O)C1CNC1)c1ccc2c(c1)OCCO2.Cl. The molecule has 122 valence electrons. The van der Waals surface area contributed by atoms with Gasteiger partial charge in [0.05, 0.1) is 5.92 Å². The summed E-state index contributed by atoms with van der Waals surface area (Å²) >= 11 is 0. The van der Waals surface area contributed by atoms with Crippen molar-refractivity contribution in [3.63, 3.8) is 0 Å². The molecular formula is C16H23ClN2O3. The van der Waals surface area contributed by atoms with Crippen molar-refractivity contribution < 1.29 is 14.3 Å². The minimum atomic E-state index is -0.150. The van der Waals surface area contributed by atoms with Gasteiger partial charge in [0.2, 0.25) is 5.91 Å². The quantitative estimate of drug-likeness (QED) is 0.880. The summed E-state index contributed by atoms with van der Waals surface area (Å²) in [5.74, 6) is 1.85. The lowest BCUT2D eigenvalue weighted by Crippen LogP contribution is -2.52. The Labute approximate surface area is 137 Å². The number of benzene rings is 1. The predicted molar refractivity (Wildman–Crippen MR) is 87.1 cm³/mol. The van der Waals surface area contributed by atoms with E-state index in [1.165, 1.54) is 0 Å². The molecule has 1 aromatic rings. The first-order valence-corrected chi connectivity index (χ1v) is 7.45. The third-order valence-corrected chi connectivity index (χ3v) is 4.18. The second-order valence-corrected chi connectivity index (χ2v) is 6.32. The van der Waals surface area contributed by atoms with Crippen molar-refractivity contribution in [1.82, 2.24) is 10.6 Å². The van der Waals surface area contributed by atoms with E-state index >= 15 is 0 Å². The zero-order chi connectivity index (χ0) is 14.9. The molecule has 0 aromatic heterocycles. The topological polar surface area (TPSA) is 59.6 Å². The molecule has 22 heavy (non-hydrogen) atoms. The lowest BCUT2D eigenvalue weighted by Gasteiger charge is -2.30. The maximum Gasteiger partial charge on any atom is 0.225 e. The van der Waals surface area contributed by atoms with Gasteiger partial charge in [-0.3, -0.25) is 4.79 Å². The first-order chi connectivity index (χ1) is 10.1. The van der Waals surface area contributed by atoms with Crippen LogP contribution in [0.3, 0.4) is 0 Å². The van der Waals surface area contributed by atoms with Crippen LogP contribution in [0.2, 0.25) is 0 Å². The fraction of sp³-hybridized carbons (Fsp3) is 0.562. The van der Waals surface area contributed by atoms with Crippen LogP contribution in [0.4, 0.5) is 0 Å². The number of carbonyl (C=O) groups is 1. The Morgan fingerprint density at radius 2 is 1.95 bits per heavy atom. The Morgan fingerprint density at radius 1 is 1.27 bits per heavy atom. The molecule has 0 radical (unpaired) electrons. The Kier molecular flexibility index (Phi) is 5.19. The second-order valence-electron chi connectivity index (χ2n) is 6.32. The minimum absolute atomic E-state index is 0. The third-order valence-electron chi connectivity index (χ3n) is 4.18. The molecule has 0 atom stereocenters. The van der Waals surface area contributed by atoms with E-state index in [1.807, 2.05) is 18.2 Å². The van der Waals surface area contributed by atoms with E-state index in [0.717, 1.165) is 30.2 Å². The number of halogens is 1. The van der Waals surface area contributed by atoms with Gasteiger partial charge < -0.3 is 20.1 Å². The number of carbonyl (C=O) groups excluding carboxylic acids is 1. The predicted octanol–water partition coefficient (Wildman–Crippen LogP) is 1.49. The van der Waals surface area contributed by atoms with Crippen LogP contribution in [0.25, 0.3) is 0 Å². The highest BCUT2D eigenvalue weighted by atomic mass is 35.5. The lowest BCUT2D eigenvalue weighted by atomic mass is 9.84. The van der Waals surface area contributed by atoms with E-state index in [9.17, 15) is 4.79 Å². The van der Waals surface area contributed by atoms with Gasteiger partial charge >= 0.3 is 0 Å². The van der Waals surface area contributed by atoms with Crippen LogP contribution in [0, 0.1) is 5.92 Å². The molecule has 2 heterocycles. The fourth-order valence-corrected chi connectivity index (χ4v) is 2.49. The van der Waals surface area contributed by atoms with Gasteiger partial charge in [-0.05, 0) is 17.7 Å². The fourth-order valence-electron chi connectivity index (χ4n) is 2.49. The van der Waals surface area contributed by atoms with Crippen LogP contribution in [-0.4, -0.2) is 38.8 Å². The number of rotatable bonds is 4. The zero-order valence-corrected chi connectivity index (χ0v) is 13.8. The Hall–Kier alpha value is -1.46. The standard InChI is InChI=1S/C16H22N2O3.ClH/c1-16(2,10-18-15(19)11-8-17-9-11)12-3-4-13-14(7-12)21-6-5-20-13;/h3-4,7,11,17H,5-6,8-10H2,1-2H3,(H,18,19);1H. The number of amides is 1. The molecule has 0 bridgehead atoms. The minimum Gasteiger partial charge on any atom is -0.486 e. The summed E-state index contributed by atoms with van der Waals surface area (Å²) in [6, 6.07) is 6.01. The van der Waals surface area contributed by atoms with Crippen LogP contribution in [0.1, 0.15) is 19.4 Å². The van der Waals surface area contributed by atoms with E-state index in [-0.39, 0.29) is 29.6 Å². The summed E-state index contributed by atoms with van der Waals surface area (Å²) in [5.41, 5.74) is 0.988. The Bertz CT molecular complexity index is 544. The van der Waals surface area contributed by atoms with Crippen LogP contribution in [0.5, 0.6) is 11.5 Å². The van der Waals surface area contributed by atoms with E-state index in [2.05, 4.69) is 24.5 Å². The molecule has 1 amide bonds. The number of hydrogen-bond donors (Lipinski definition) is 2. The molecule has 0 unspecified atom stereocenters. The molecule has 0 aliphatic carbocycles. The van der Waals surface area contributed by atoms with E-state index in [4.69, 9.17) is 9.47 Å². The van der Waals surface area contributed by atoms with Crippen molar-refractivity contribution in [2.75, 3.05) is 32.8 Å². The molecule has 0 spiro atoms. The highest BCUT2D eigenvalue weighted by Gasteiger charge is 2.28. The molecule has 2 N–H and O–H groups in total. The summed E-state index contributed by atoms with van der Waals surface area (Å²) in [7, 11) is 0. The number of nitrogens with one attached hydrogen (secondary N) is 2. The second kappa shape index (κ2) is 6.75. The molecule has 2 aliphatic heterocycles. The van der Waals surface area contributed by atoms with Crippen LogP contribution >= 0.6 is 12.4 Å². The van der Waals surface area contributed by atoms with Crippen molar-refractivity contribution in [3.8, 4) is 11.5 Å².